The van der Waals surface area contributed by atoms with Crippen molar-refractivity contribution in [2.75, 3.05) is 0 Å². The third-order valence-electron chi connectivity index (χ3n) is 5.90. The van der Waals surface area contributed by atoms with E-state index in [0.717, 1.165) is 19.3 Å². The Labute approximate surface area is 186 Å². The van der Waals surface area contributed by atoms with Crippen molar-refractivity contribution in [2.45, 2.75) is 155 Å². The van der Waals surface area contributed by atoms with Gasteiger partial charge in [0.25, 0.3) is 0 Å². The number of unbranched alkanes of at least 4 members (excludes halogenated alkanes) is 19. The number of carbonyl (C=O) groups is 2. The van der Waals surface area contributed by atoms with Crippen LogP contribution in [0.3, 0.4) is 0 Å². The van der Waals surface area contributed by atoms with E-state index >= 15 is 0 Å². The van der Waals surface area contributed by atoms with Gasteiger partial charge < -0.3 is 9.84 Å². The van der Waals surface area contributed by atoms with Gasteiger partial charge in [-0.2, -0.15) is 0 Å². The van der Waals surface area contributed by atoms with E-state index in [9.17, 15) is 9.59 Å². The van der Waals surface area contributed by atoms with Gasteiger partial charge in [-0.05, 0) is 12.8 Å². The molecule has 0 fully saturated rings. The van der Waals surface area contributed by atoms with Crippen LogP contribution in [-0.2, 0) is 14.3 Å². The summed E-state index contributed by atoms with van der Waals surface area (Å²) in [7, 11) is 0. The van der Waals surface area contributed by atoms with E-state index in [0.29, 0.717) is 6.42 Å². The first kappa shape index (κ1) is 28.9. The van der Waals surface area contributed by atoms with E-state index in [-0.39, 0.29) is 0 Å². The Morgan fingerprint density at radius 1 is 0.600 bits per heavy atom. The van der Waals surface area contributed by atoms with Crippen molar-refractivity contribution < 1.29 is 19.4 Å². The Balaban J connectivity index is 3.21. The molecule has 0 aromatic carbocycles. The summed E-state index contributed by atoms with van der Waals surface area (Å²) in [6.07, 6.45) is 26.0. The fourth-order valence-corrected chi connectivity index (χ4v) is 4.02. The molecule has 0 spiro atoms. The summed E-state index contributed by atoms with van der Waals surface area (Å²) < 4.78 is 4.81. The van der Waals surface area contributed by atoms with Crippen molar-refractivity contribution in [1.82, 2.24) is 0 Å². The Hall–Kier alpha value is -1.06. The number of carbonyl (C=O) groups excluding carboxylic acids is 1. The van der Waals surface area contributed by atoms with Crippen molar-refractivity contribution in [3.63, 3.8) is 0 Å². The van der Waals surface area contributed by atoms with E-state index < -0.39 is 18.0 Å². The first-order valence-corrected chi connectivity index (χ1v) is 13.0. The van der Waals surface area contributed by atoms with Gasteiger partial charge in [-0.25, -0.2) is 4.79 Å². The zero-order chi connectivity index (χ0) is 22.3. The number of carboxylic acid groups (broad SMARTS) is 1. The predicted molar refractivity (Wildman–Crippen MR) is 126 cm³/mol. The van der Waals surface area contributed by atoms with Gasteiger partial charge in [0.15, 0.2) is 6.10 Å². The van der Waals surface area contributed by atoms with Crippen LogP contribution in [-0.4, -0.2) is 23.1 Å². The van der Waals surface area contributed by atoms with Crippen LogP contribution in [0.5, 0.6) is 0 Å². The van der Waals surface area contributed by atoms with Gasteiger partial charge in [0.1, 0.15) is 0 Å². The molecule has 1 N–H and O–H groups in total. The molecule has 1 atom stereocenters. The number of rotatable bonds is 23. The molecule has 0 aliphatic rings. The lowest BCUT2D eigenvalue weighted by molar-refractivity contribution is -0.163. The summed E-state index contributed by atoms with van der Waals surface area (Å²) in [6.45, 7) is 3.54. The highest BCUT2D eigenvalue weighted by molar-refractivity contribution is 5.76. The summed E-state index contributed by atoms with van der Waals surface area (Å²) in [6, 6.07) is 0. The molecule has 0 heterocycles. The van der Waals surface area contributed by atoms with Gasteiger partial charge in [0.2, 0.25) is 0 Å². The molecule has 178 valence electrons. The zero-order valence-electron chi connectivity index (χ0n) is 20.1. The van der Waals surface area contributed by atoms with Crippen LogP contribution in [0.2, 0.25) is 0 Å². The molecule has 4 nitrogen and oxygen atoms in total. The minimum absolute atomic E-state index is 0.424. The maximum absolute atomic E-state index is 11.0. The number of aliphatic carboxylic acids is 1. The molecular weight excluding hydrogens is 376 g/mol. The minimum atomic E-state index is -1.04. The quantitative estimate of drug-likeness (QED) is 0.132. The first-order valence-electron chi connectivity index (χ1n) is 13.0. The SMILES string of the molecule is CCCCCCCCCCCCCCCCCCCCCC[C@H](OC(C)=O)C(=O)O. The molecule has 0 amide bonds. The van der Waals surface area contributed by atoms with Gasteiger partial charge >= 0.3 is 11.9 Å². The van der Waals surface area contributed by atoms with E-state index in [4.69, 9.17) is 9.84 Å². The lowest BCUT2D eigenvalue weighted by atomic mass is 10.0. The third-order valence-corrected chi connectivity index (χ3v) is 5.90. The second kappa shape index (κ2) is 22.6. The van der Waals surface area contributed by atoms with Gasteiger partial charge in [-0.1, -0.05) is 129 Å². The Kier molecular flexibility index (Phi) is 21.8. The molecule has 4 heteroatoms. The maximum Gasteiger partial charge on any atom is 0.345 e. The summed E-state index contributed by atoms with van der Waals surface area (Å²) in [4.78, 5) is 21.9. The predicted octanol–water partition coefficient (Wildman–Crippen LogP) is 8.21. The molecule has 0 unspecified atom stereocenters. The zero-order valence-corrected chi connectivity index (χ0v) is 20.1. The first-order chi connectivity index (χ1) is 14.6. The second-order valence-electron chi connectivity index (χ2n) is 8.94. The molecule has 0 rings (SSSR count). The fourth-order valence-electron chi connectivity index (χ4n) is 4.02. The van der Waals surface area contributed by atoms with Gasteiger partial charge in [0, 0.05) is 6.92 Å². The van der Waals surface area contributed by atoms with Crippen LogP contribution in [0.15, 0.2) is 0 Å². The lowest BCUT2D eigenvalue weighted by Gasteiger charge is -2.11. The van der Waals surface area contributed by atoms with Crippen LogP contribution < -0.4 is 0 Å². The molecular formula is C26H50O4. The lowest BCUT2D eigenvalue weighted by Crippen LogP contribution is -2.25. The Morgan fingerprint density at radius 3 is 1.17 bits per heavy atom. The van der Waals surface area contributed by atoms with E-state index in [1.807, 2.05) is 0 Å². The number of ether oxygens (including phenoxy) is 1. The molecule has 0 saturated carbocycles. The Morgan fingerprint density at radius 2 is 0.900 bits per heavy atom. The standard InChI is InChI=1S/C26H50O4/c1-3-4-5-6-7-8-9-10-11-12-13-14-15-16-17-18-19-20-21-22-23-25(26(28)29)30-24(2)27/h25H,3-23H2,1-2H3,(H,28,29)/t25-/m0/s1. The summed E-state index contributed by atoms with van der Waals surface area (Å²) in [5, 5.41) is 9.00. The molecule has 0 aromatic heterocycles. The maximum atomic E-state index is 11.0. The number of hydrogen-bond donors (Lipinski definition) is 1. The van der Waals surface area contributed by atoms with Crippen molar-refractivity contribution in [1.29, 1.82) is 0 Å². The van der Waals surface area contributed by atoms with Gasteiger partial charge in [-0.15, -0.1) is 0 Å². The summed E-state index contributed by atoms with van der Waals surface area (Å²) >= 11 is 0. The van der Waals surface area contributed by atoms with Crippen molar-refractivity contribution >= 4 is 11.9 Å². The second-order valence-corrected chi connectivity index (χ2v) is 8.94. The average Bonchev–Trinajstić information content (AvgIpc) is 2.71. The van der Waals surface area contributed by atoms with E-state index in [2.05, 4.69) is 6.92 Å². The average molecular weight is 427 g/mol. The summed E-state index contributed by atoms with van der Waals surface area (Å²) in [5.41, 5.74) is 0. The number of hydrogen-bond acceptors (Lipinski definition) is 3. The smallest absolute Gasteiger partial charge is 0.345 e. The Bertz CT molecular complexity index is 394. The van der Waals surface area contributed by atoms with Crippen LogP contribution in [0, 0.1) is 0 Å². The fraction of sp³-hybridized carbons (Fsp3) is 0.923. The van der Waals surface area contributed by atoms with Crippen LogP contribution in [0.4, 0.5) is 0 Å². The van der Waals surface area contributed by atoms with Crippen molar-refractivity contribution in [3.8, 4) is 0 Å². The van der Waals surface area contributed by atoms with E-state index in [1.165, 1.54) is 116 Å². The van der Waals surface area contributed by atoms with Crippen molar-refractivity contribution in [2.24, 2.45) is 0 Å². The largest absolute Gasteiger partial charge is 0.479 e. The summed E-state index contributed by atoms with van der Waals surface area (Å²) in [5.74, 6) is -1.56. The van der Waals surface area contributed by atoms with E-state index in [1.54, 1.807) is 0 Å². The highest BCUT2D eigenvalue weighted by Crippen LogP contribution is 2.15. The monoisotopic (exact) mass is 426 g/mol. The molecule has 0 aliphatic carbocycles. The molecule has 0 bridgehead atoms. The van der Waals surface area contributed by atoms with Crippen LogP contribution in [0.25, 0.3) is 0 Å². The van der Waals surface area contributed by atoms with Crippen LogP contribution >= 0.6 is 0 Å². The molecule has 0 saturated heterocycles. The van der Waals surface area contributed by atoms with Gasteiger partial charge in [-0.3, -0.25) is 4.79 Å². The van der Waals surface area contributed by atoms with Crippen molar-refractivity contribution in [3.05, 3.63) is 0 Å². The number of esters is 1. The van der Waals surface area contributed by atoms with Crippen LogP contribution in [0.1, 0.15) is 149 Å². The highest BCUT2D eigenvalue weighted by atomic mass is 16.6. The molecule has 0 aliphatic heterocycles. The molecule has 0 radical (unpaired) electrons. The molecule has 0 aromatic rings. The topological polar surface area (TPSA) is 63.6 Å². The minimum Gasteiger partial charge on any atom is -0.479 e. The third kappa shape index (κ3) is 21.6. The van der Waals surface area contributed by atoms with Gasteiger partial charge in [0.05, 0.1) is 0 Å². The highest BCUT2D eigenvalue weighted by Gasteiger charge is 2.19. The number of carboxylic acids is 1. The normalized spacial score (nSPS) is 12.1. The molecule has 30 heavy (non-hydrogen) atoms.